The molecule has 0 aromatic rings. The zero-order valence-electron chi connectivity index (χ0n) is 8.20. The van der Waals surface area contributed by atoms with Crippen LogP contribution in [0.3, 0.4) is 0 Å². The van der Waals surface area contributed by atoms with Crippen LogP contribution in [-0.2, 0) is 0 Å². The Morgan fingerprint density at radius 3 is 1.25 bits per heavy atom. The summed E-state index contributed by atoms with van der Waals surface area (Å²) in [5.74, 6) is 2.53. The summed E-state index contributed by atoms with van der Waals surface area (Å²) in [6, 6.07) is 0. The van der Waals surface area contributed by atoms with Crippen molar-refractivity contribution in [3.8, 4) is 0 Å². The molecule has 1 aliphatic rings. The van der Waals surface area contributed by atoms with Gasteiger partial charge in [0.25, 0.3) is 0 Å². The van der Waals surface area contributed by atoms with Gasteiger partial charge in [0.15, 0.2) is 0 Å². The third kappa shape index (κ3) is 1.87. The van der Waals surface area contributed by atoms with Crippen molar-refractivity contribution in [2.24, 2.45) is 17.8 Å². The van der Waals surface area contributed by atoms with Gasteiger partial charge < -0.3 is 0 Å². The van der Waals surface area contributed by atoms with E-state index in [-0.39, 0.29) is 0 Å². The van der Waals surface area contributed by atoms with E-state index in [0.717, 1.165) is 34.7 Å². The fraction of sp³-hybridized carbons (Fsp3) is 1.00. The zero-order valence-corrected chi connectivity index (χ0v) is 11.7. The van der Waals surface area contributed by atoms with Crippen molar-refractivity contribution < 1.29 is 0 Å². The summed E-state index contributed by atoms with van der Waals surface area (Å²) in [6.07, 6.45) is 0. The molecule has 1 rings (SSSR count). The Balaban J connectivity index is 2.76. The van der Waals surface area contributed by atoms with Crippen molar-refractivity contribution in [3.63, 3.8) is 0 Å². The van der Waals surface area contributed by atoms with Crippen molar-refractivity contribution in [2.75, 3.05) is 0 Å². The lowest BCUT2D eigenvalue weighted by molar-refractivity contribution is 0.217. The van der Waals surface area contributed by atoms with E-state index in [9.17, 15) is 0 Å². The minimum absolute atomic E-state index is 0.751. The van der Waals surface area contributed by atoms with Gasteiger partial charge in [0.1, 0.15) is 0 Å². The van der Waals surface area contributed by atoms with Crippen LogP contribution in [0.1, 0.15) is 20.8 Å². The van der Waals surface area contributed by atoms with E-state index in [2.05, 4.69) is 48.5 Å². The third-order valence-electron chi connectivity index (χ3n) is 3.76. The number of hydrogen-bond acceptors (Lipinski definition) is 0. The van der Waals surface area contributed by atoms with Gasteiger partial charge in [0, 0.05) is 0 Å². The second-order valence-corrected chi connectivity index (χ2v) is 6.62. The quantitative estimate of drug-likeness (QED) is 0.553. The standard InChI is InChI=1S/C9H21P3/c1-4-5(2)7(10)9(12)8(11)6(4)3/h4-9H,10-12H2,1-3H3. The van der Waals surface area contributed by atoms with Crippen molar-refractivity contribution in [3.05, 3.63) is 0 Å². The van der Waals surface area contributed by atoms with Gasteiger partial charge in [-0.1, -0.05) is 20.8 Å². The molecule has 7 atom stereocenters. The summed E-state index contributed by atoms with van der Waals surface area (Å²) in [4.78, 5) is 0. The average Bonchev–Trinajstić information content (AvgIpc) is 2.08. The van der Waals surface area contributed by atoms with E-state index in [4.69, 9.17) is 0 Å². The first-order valence-corrected chi connectivity index (χ1v) is 6.73. The van der Waals surface area contributed by atoms with Crippen LogP contribution in [0.15, 0.2) is 0 Å². The fourth-order valence-corrected chi connectivity index (χ4v) is 4.31. The summed E-state index contributed by atoms with van der Waals surface area (Å²) in [6.45, 7) is 7.15. The maximum atomic E-state index is 3.01. The second kappa shape index (κ2) is 4.21. The van der Waals surface area contributed by atoms with Crippen LogP contribution in [0.5, 0.6) is 0 Å². The van der Waals surface area contributed by atoms with Crippen molar-refractivity contribution in [2.45, 2.75) is 37.7 Å². The largest absolute Gasteiger partial charge is 0.133 e. The Hall–Kier alpha value is 1.29. The van der Waals surface area contributed by atoms with E-state index in [1.165, 1.54) is 0 Å². The monoisotopic (exact) mass is 222 g/mol. The summed E-state index contributed by atoms with van der Waals surface area (Å²) < 4.78 is 0. The van der Waals surface area contributed by atoms with Crippen LogP contribution in [-0.4, -0.2) is 17.0 Å². The Morgan fingerprint density at radius 1 is 0.583 bits per heavy atom. The fourth-order valence-electron chi connectivity index (χ4n) is 2.14. The van der Waals surface area contributed by atoms with Gasteiger partial charge in [-0.3, -0.25) is 0 Å². The van der Waals surface area contributed by atoms with Gasteiger partial charge in [0.05, 0.1) is 0 Å². The topological polar surface area (TPSA) is 0 Å². The van der Waals surface area contributed by atoms with Crippen LogP contribution in [0, 0.1) is 17.8 Å². The van der Waals surface area contributed by atoms with Crippen LogP contribution in [0.2, 0.25) is 0 Å². The first-order valence-electron chi connectivity index (χ1n) is 4.73. The lowest BCUT2D eigenvalue weighted by atomic mass is 9.74. The van der Waals surface area contributed by atoms with Crippen molar-refractivity contribution in [1.82, 2.24) is 0 Å². The maximum Gasteiger partial charge on any atom is -0.0133 e. The molecule has 0 radical (unpaired) electrons. The normalized spacial score (nSPS) is 55.5. The van der Waals surface area contributed by atoms with E-state index < -0.39 is 0 Å². The molecule has 0 bridgehead atoms. The predicted octanol–water partition coefficient (Wildman–Crippen LogP) is 2.64. The smallest absolute Gasteiger partial charge is 0.0133 e. The average molecular weight is 222 g/mol. The Kier molecular flexibility index (Phi) is 3.99. The van der Waals surface area contributed by atoms with E-state index >= 15 is 0 Å². The molecule has 0 nitrogen and oxygen atoms in total. The highest BCUT2D eigenvalue weighted by Gasteiger charge is 2.39. The van der Waals surface area contributed by atoms with Crippen molar-refractivity contribution in [1.29, 1.82) is 0 Å². The molecule has 12 heavy (non-hydrogen) atoms. The summed E-state index contributed by atoms with van der Waals surface area (Å²) in [7, 11) is 9.03. The molecular weight excluding hydrogens is 201 g/mol. The third-order valence-corrected chi connectivity index (χ3v) is 7.64. The summed E-state index contributed by atoms with van der Waals surface area (Å²) in [5.41, 5.74) is 2.29. The molecule has 0 aliphatic heterocycles. The van der Waals surface area contributed by atoms with Gasteiger partial charge in [0.2, 0.25) is 0 Å². The van der Waals surface area contributed by atoms with E-state index in [0.29, 0.717) is 0 Å². The van der Waals surface area contributed by atoms with Crippen LogP contribution < -0.4 is 0 Å². The minimum atomic E-state index is 0.751. The Morgan fingerprint density at radius 2 is 0.917 bits per heavy atom. The maximum absolute atomic E-state index is 3.01. The molecule has 1 fully saturated rings. The highest BCUT2D eigenvalue weighted by molar-refractivity contribution is 7.26. The van der Waals surface area contributed by atoms with Crippen LogP contribution in [0.25, 0.3) is 0 Å². The predicted molar refractivity (Wildman–Crippen MR) is 68.0 cm³/mol. The lowest BCUT2D eigenvalue weighted by Crippen LogP contribution is -2.45. The second-order valence-electron chi connectivity index (χ2n) is 4.31. The summed E-state index contributed by atoms with van der Waals surface area (Å²) >= 11 is 0. The molecule has 0 aromatic carbocycles. The molecule has 0 N–H and O–H groups in total. The van der Waals surface area contributed by atoms with E-state index in [1.54, 1.807) is 0 Å². The van der Waals surface area contributed by atoms with Crippen LogP contribution >= 0.6 is 27.7 Å². The van der Waals surface area contributed by atoms with Crippen LogP contribution in [0.4, 0.5) is 0 Å². The molecule has 1 saturated carbocycles. The molecular formula is C9H21P3. The van der Waals surface area contributed by atoms with Gasteiger partial charge in [-0.05, 0) is 34.7 Å². The van der Waals surface area contributed by atoms with E-state index in [1.807, 2.05) is 0 Å². The Bertz CT molecular complexity index is 101. The number of hydrogen-bond donors (Lipinski definition) is 0. The highest BCUT2D eigenvalue weighted by atomic mass is 31.0. The van der Waals surface area contributed by atoms with Gasteiger partial charge in [-0.15, -0.1) is 27.7 Å². The van der Waals surface area contributed by atoms with Crippen molar-refractivity contribution >= 4 is 27.7 Å². The van der Waals surface area contributed by atoms with Gasteiger partial charge in [-0.2, -0.15) is 0 Å². The molecule has 0 amide bonds. The molecule has 7 unspecified atom stereocenters. The number of rotatable bonds is 0. The molecule has 3 heteroatoms. The molecule has 1 aliphatic carbocycles. The minimum Gasteiger partial charge on any atom is -0.133 e. The van der Waals surface area contributed by atoms with Gasteiger partial charge in [-0.25, -0.2) is 0 Å². The first kappa shape index (κ1) is 11.4. The summed E-state index contributed by atoms with van der Waals surface area (Å²) in [5, 5.41) is 0. The molecule has 72 valence electrons. The van der Waals surface area contributed by atoms with Gasteiger partial charge >= 0.3 is 0 Å². The molecule has 0 heterocycles. The Labute approximate surface area is 83.6 Å². The molecule has 0 spiro atoms. The zero-order chi connectivity index (χ0) is 9.46. The molecule has 0 saturated heterocycles. The molecule has 0 aromatic heterocycles. The highest BCUT2D eigenvalue weighted by Crippen LogP contribution is 2.44. The lowest BCUT2D eigenvalue weighted by Gasteiger charge is -2.45. The first-order chi connectivity index (χ1) is 5.46. The SMILES string of the molecule is CC1C(C)C(P)C(P)C(P)C1C.